The molecule has 1 fully saturated rings. The van der Waals surface area contributed by atoms with Gasteiger partial charge >= 0.3 is 5.97 Å². The smallest absolute Gasteiger partial charge is 0.353 e. The highest BCUT2D eigenvalue weighted by atomic mass is 32.2. The summed E-state index contributed by atoms with van der Waals surface area (Å²) in [6.07, 6.45) is 0.844. The third-order valence-electron chi connectivity index (χ3n) is 2.62. The summed E-state index contributed by atoms with van der Waals surface area (Å²) in [4.78, 5) is 35.1. The van der Waals surface area contributed by atoms with Crippen LogP contribution in [-0.4, -0.2) is 39.7 Å². The number of carbonyl (C=O) groups is 3. The second kappa shape index (κ2) is 4.40. The summed E-state index contributed by atoms with van der Waals surface area (Å²) in [5.41, 5.74) is 0.0848. The summed E-state index contributed by atoms with van der Waals surface area (Å²) in [7, 11) is 0. The first-order chi connectivity index (χ1) is 8.00. The number of carbonyl (C=O) groups excluding carboxylic acids is 2. The van der Waals surface area contributed by atoms with E-state index in [4.69, 9.17) is 5.11 Å². The van der Waals surface area contributed by atoms with Crippen molar-refractivity contribution in [1.29, 1.82) is 0 Å². The van der Waals surface area contributed by atoms with Crippen LogP contribution in [0.1, 0.15) is 19.8 Å². The molecule has 17 heavy (non-hydrogen) atoms. The van der Waals surface area contributed by atoms with Gasteiger partial charge in [0.15, 0.2) is 0 Å². The maximum absolute atomic E-state index is 11.3. The van der Waals surface area contributed by atoms with Crippen molar-refractivity contribution < 1.29 is 19.5 Å². The van der Waals surface area contributed by atoms with Crippen LogP contribution in [0.5, 0.6) is 0 Å². The Labute approximate surface area is 102 Å². The topological polar surface area (TPSA) is 86.7 Å². The highest BCUT2D eigenvalue weighted by Crippen LogP contribution is 2.47. The number of nitrogens with one attached hydrogen (secondary N) is 1. The van der Waals surface area contributed by atoms with Crippen molar-refractivity contribution in [3.05, 3.63) is 10.6 Å². The molecule has 0 spiro atoms. The molecule has 0 aliphatic carbocycles. The maximum atomic E-state index is 11.3. The maximum Gasteiger partial charge on any atom is 0.353 e. The molecule has 2 rings (SSSR count). The number of hydrogen-bond acceptors (Lipinski definition) is 4. The molecule has 2 aliphatic rings. The highest BCUT2D eigenvalue weighted by molar-refractivity contribution is 8.04. The van der Waals surface area contributed by atoms with E-state index >= 15 is 0 Å². The Hall–Kier alpha value is -1.50. The SMILES string of the molecule is CC(=O)NCCC1=C(C(=O)O)N2C(=O)C[C@H]2S1. The quantitative estimate of drug-likeness (QED) is 0.697. The molecule has 0 radical (unpaired) electrons. The van der Waals surface area contributed by atoms with Crippen LogP contribution < -0.4 is 5.32 Å². The fourth-order valence-corrected chi connectivity index (χ4v) is 3.26. The average molecular weight is 256 g/mol. The minimum atomic E-state index is -1.08. The number of carboxylic acids is 1. The lowest BCUT2D eigenvalue weighted by atomic mass is 10.1. The second-order valence-corrected chi connectivity index (χ2v) is 5.12. The first kappa shape index (κ1) is 12.0. The fraction of sp³-hybridized carbons (Fsp3) is 0.500. The van der Waals surface area contributed by atoms with Crippen LogP contribution in [-0.2, 0) is 14.4 Å². The molecule has 0 bridgehead atoms. The summed E-state index contributed by atoms with van der Waals surface area (Å²) in [6, 6.07) is 0. The number of nitrogens with zero attached hydrogens (tertiary/aromatic N) is 1. The molecule has 7 heteroatoms. The fourth-order valence-electron chi connectivity index (χ4n) is 1.86. The third-order valence-corrected chi connectivity index (χ3v) is 3.95. The predicted molar refractivity (Wildman–Crippen MR) is 60.8 cm³/mol. The van der Waals surface area contributed by atoms with Gasteiger partial charge in [-0.1, -0.05) is 0 Å². The van der Waals surface area contributed by atoms with Gasteiger partial charge < -0.3 is 10.4 Å². The summed E-state index contributed by atoms with van der Waals surface area (Å²) in [5.74, 6) is -1.37. The lowest BCUT2D eigenvalue weighted by Crippen LogP contribution is -2.48. The van der Waals surface area contributed by atoms with Crippen LogP contribution in [0.2, 0.25) is 0 Å². The van der Waals surface area contributed by atoms with Crippen molar-refractivity contribution in [1.82, 2.24) is 10.2 Å². The van der Waals surface area contributed by atoms with Gasteiger partial charge in [-0.25, -0.2) is 4.79 Å². The Morgan fingerprint density at radius 2 is 2.29 bits per heavy atom. The van der Waals surface area contributed by atoms with E-state index in [1.165, 1.54) is 23.6 Å². The highest BCUT2D eigenvalue weighted by Gasteiger charge is 2.47. The van der Waals surface area contributed by atoms with Crippen LogP contribution in [0.25, 0.3) is 0 Å². The Morgan fingerprint density at radius 3 is 2.82 bits per heavy atom. The summed E-state index contributed by atoms with van der Waals surface area (Å²) in [6.45, 7) is 1.80. The summed E-state index contributed by atoms with van der Waals surface area (Å²) in [5, 5.41) is 11.6. The Kier molecular flexibility index (Phi) is 3.10. The van der Waals surface area contributed by atoms with E-state index in [0.29, 0.717) is 24.3 Å². The van der Waals surface area contributed by atoms with Crippen molar-refractivity contribution in [3.63, 3.8) is 0 Å². The normalized spacial score (nSPS) is 22.3. The van der Waals surface area contributed by atoms with E-state index in [-0.39, 0.29) is 22.9 Å². The predicted octanol–water partition coefficient (Wildman–Crippen LogP) is 0.114. The van der Waals surface area contributed by atoms with E-state index in [1.807, 2.05) is 0 Å². The third kappa shape index (κ3) is 2.14. The first-order valence-electron chi connectivity index (χ1n) is 5.20. The van der Waals surface area contributed by atoms with Gasteiger partial charge in [0, 0.05) is 18.4 Å². The van der Waals surface area contributed by atoms with E-state index < -0.39 is 5.97 Å². The number of β-lactam (4-membered cyclic amide) rings is 1. The van der Waals surface area contributed by atoms with Gasteiger partial charge in [0.25, 0.3) is 0 Å². The van der Waals surface area contributed by atoms with Gasteiger partial charge in [0.2, 0.25) is 11.8 Å². The minimum absolute atomic E-state index is 0.0547. The van der Waals surface area contributed by atoms with Crippen LogP contribution >= 0.6 is 11.8 Å². The number of amides is 2. The molecular formula is C10H12N2O4S. The van der Waals surface area contributed by atoms with Gasteiger partial charge in [-0.3, -0.25) is 14.5 Å². The van der Waals surface area contributed by atoms with Crippen LogP contribution in [0.3, 0.4) is 0 Å². The standard InChI is InChI=1S/C10H12N2O4S/c1-5(13)11-3-2-6-9(10(15)16)12-7(14)4-8(12)17-6/h8H,2-4H2,1H3,(H,11,13)(H,15,16)/t8-/m1/s1. The van der Waals surface area contributed by atoms with Crippen LogP contribution in [0, 0.1) is 0 Å². The number of aliphatic carboxylic acids is 1. The molecule has 2 N–H and O–H groups in total. The average Bonchev–Trinajstić information content (AvgIpc) is 2.50. The van der Waals surface area contributed by atoms with Crippen LogP contribution in [0.15, 0.2) is 10.6 Å². The number of rotatable bonds is 4. The molecule has 2 amide bonds. The largest absolute Gasteiger partial charge is 0.477 e. The van der Waals surface area contributed by atoms with Crippen molar-refractivity contribution in [2.45, 2.75) is 25.1 Å². The minimum Gasteiger partial charge on any atom is -0.477 e. The summed E-state index contributed by atoms with van der Waals surface area (Å²) < 4.78 is 0. The lowest BCUT2D eigenvalue weighted by molar-refractivity contribution is -0.145. The van der Waals surface area contributed by atoms with Gasteiger partial charge in [0.05, 0.1) is 11.8 Å². The molecule has 2 heterocycles. The zero-order chi connectivity index (χ0) is 12.6. The van der Waals surface area contributed by atoms with E-state index in [0.717, 1.165) is 0 Å². The van der Waals surface area contributed by atoms with Crippen molar-refractivity contribution in [3.8, 4) is 0 Å². The van der Waals surface area contributed by atoms with Crippen molar-refractivity contribution in [2.24, 2.45) is 0 Å². The number of hydrogen-bond donors (Lipinski definition) is 2. The molecule has 1 atom stereocenters. The van der Waals surface area contributed by atoms with Crippen molar-refractivity contribution >= 4 is 29.5 Å². The van der Waals surface area contributed by atoms with E-state index in [1.54, 1.807) is 0 Å². The van der Waals surface area contributed by atoms with E-state index in [9.17, 15) is 14.4 Å². The second-order valence-electron chi connectivity index (χ2n) is 3.85. The number of fused-ring (bicyclic) bond motifs is 1. The van der Waals surface area contributed by atoms with E-state index in [2.05, 4.69) is 5.32 Å². The Bertz CT molecular complexity index is 432. The molecule has 0 saturated carbocycles. The van der Waals surface area contributed by atoms with Crippen molar-refractivity contribution in [2.75, 3.05) is 6.54 Å². The molecule has 0 aromatic heterocycles. The van der Waals surface area contributed by atoms with Crippen LogP contribution in [0.4, 0.5) is 0 Å². The molecule has 6 nitrogen and oxygen atoms in total. The molecule has 0 aromatic carbocycles. The number of thioether (sulfide) groups is 1. The monoisotopic (exact) mass is 256 g/mol. The molecule has 92 valence electrons. The first-order valence-corrected chi connectivity index (χ1v) is 6.08. The Morgan fingerprint density at radius 1 is 1.59 bits per heavy atom. The van der Waals surface area contributed by atoms with Gasteiger partial charge in [-0.05, 0) is 6.42 Å². The lowest BCUT2D eigenvalue weighted by Gasteiger charge is -2.33. The summed E-state index contributed by atoms with van der Waals surface area (Å²) >= 11 is 1.40. The molecule has 2 aliphatic heterocycles. The molecule has 1 saturated heterocycles. The van der Waals surface area contributed by atoms with Gasteiger partial charge in [0.1, 0.15) is 5.70 Å². The zero-order valence-corrected chi connectivity index (χ0v) is 10.0. The van der Waals surface area contributed by atoms with Gasteiger partial charge in [-0.15, -0.1) is 11.8 Å². The molecular weight excluding hydrogens is 244 g/mol. The molecule has 0 unspecified atom stereocenters. The zero-order valence-electron chi connectivity index (χ0n) is 9.23. The van der Waals surface area contributed by atoms with Gasteiger partial charge in [-0.2, -0.15) is 0 Å². The Balaban J connectivity index is 2.07. The number of carboxylic acid groups (broad SMARTS) is 1. The molecule has 0 aromatic rings.